The van der Waals surface area contributed by atoms with Gasteiger partial charge in [0.2, 0.25) is 0 Å². The number of halogens is 3. The fourth-order valence-electron chi connectivity index (χ4n) is 5.08. The highest BCUT2D eigenvalue weighted by Crippen LogP contribution is 2.40. The highest BCUT2D eigenvalue weighted by atomic mass is 32.1. The van der Waals surface area contributed by atoms with Gasteiger partial charge in [-0.25, -0.2) is 0 Å². The molecule has 3 aromatic rings. The van der Waals surface area contributed by atoms with E-state index in [9.17, 15) is 18.0 Å². The molecule has 1 atom stereocenters. The van der Waals surface area contributed by atoms with E-state index in [0.717, 1.165) is 35.5 Å². The number of likely N-dealkylation sites (tertiary alicyclic amines) is 1. The molecule has 0 radical (unpaired) electrons. The van der Waals surface area contributed by atoms with E-state index in [2.05, 4.69) is 24.0 Å². The van der Waals surface area contributed by atoms with E-state index < -0.39 is 24.1 Å². The van der Waals surface area contributed by atoms with Crippen LogP contribution >= 0.6 is 11.3 Å². The average Bonchev–Trinajstić information content (AvgIpc) is 3.36. The highest BCUT2D eigenvalue weighted by molar-refractivity contribution is 7.17. The minimum absolute atomic E-state index is 0.0835. The second kappa shape index (κ2) is 8.95. The van der Waals surface area contributed by atoms with Crippen LogP contribution in [0.3, 0.4) is 0 Å². The zero-order chi connectivity index (χ0) is 25.8. The van der Waals surface area contributed by atoms with Crippen LogP contribution in [0.15, 0.2) is 24.3 Å². The first kappa shape index (κ1) is 24.9. The molecule has 1 N–H and O–H groups in total. The summed E-state index contributed by atoms with van der Waals surface area (Å²) in [5.41, 5.74) is 4.89. The number of rotatable bonds is 6. The number of carboxylic acid groups (broad SMARTS) is 1. The molecule has 1 aromatic carbocycles. The van der Waals surface area contributed by atoms with E-state index >= 15 is 0 Å². The van der Waals surface area contributed by atoms with Crippen LogP contribution in [0.5, 0.6) is 0 Å². The molecule has 1 unspecified atom stereocenters. The first-order chi connectivity index (χ1) is 16.9. The molecule has 1 aliphatic carbocycles. The van der Waals surface area contributed by atoms with Crippen LogP contribution < -0.4 is 0 Å². The summed E-state index contributed by atoms with van der Waals surface area (Å²) in [5, 5.41) is 23.9. The molecule has 0 bridgehead atoms. The van der Waals surface area contributed by atoms with Crippen molar-refractivity contribution in [2.24, 2.45) is 18.4 Å². The zero-order valence-corrected chi connectivity index (χ0v) is 21.2. The normalized spacial score (nSPS) is 19.1. The monoisotopic (exact) mass is 519 g/mol. The molecule has 2 aromatic heterocycles. The summed E-state index contributed by atoms with van der Waals surface area (Å²) in [6.07, 6.45) is -1.67. The van der Waals surface area contributed by atoms with Crippen molar-refractivity contribution in [3.63, 3.8) is 0 Å². The number of aryl methyl sites for hydroxylation is 1. The molecular weight excluding hydrogens is 491 g/mol. The van der Waals surface area contributed by atoms with Gasteiger partial charge in [0.1, 0.15) is 16.7 Å². The number of benzene rings is 1. The van der Waals surface area contributed by atoms with E-state index in [1.807, 2.05) is 11.7 Å². The van der Waals surface area contributed by atoms with Crippen molar-refractivity contribution in [3.05, 3.63) is 41.1 Å². The summed E-state index contributed by atoms with van der Waals surface area (Å²) < 4.78 is 42.9. The average molecular weight is 520 g/mol. The maximum absolute atomic E-state index is 13.7. The molecule has 192 valence electrons. The number of fused-ring (bicyclic) bond motifs is 1. The number of carbonyl (C=O) groups is 1. The minimum atomic E-state index is -4.44. The SMILES string of the molecule is Cn1nc(-c2nnc(-c3ccc(CC(N4CC(C(=O)O)C4)C(F)(F)F)cc3)s2)c2c1CC(C)(C)CC2. The number of nitrogens with zero attached hydrogens (tertiary/aromatic N) is 5. The Kier molecular flexibility index (Phi) is 6.19. The topological polar surface area (TPSA) is 84.1 Å². The zero-order valence-electron chi connectivity index (χ0n) is 20.3. The largest absolute Gasteiger partial charge is 0.481 e. The lowest BCUT2D eigenvalue weighted by atomic mass is 9.76. The maximum atomic E-state index is 13.7. The van der Waals surface area contributed by atoms with E-state index in [1.165, 1.54) is 27.5 Å². The van der Waals surface area contributed by atoms with Gasteiger partial charge in [-0.2, -0.15) is 18.3 Å². The summed E-state index contributed by atoms with van der Waals surface area (Å²) in [6.45, 7) is 4.37. The molecule has 1 aliphatic heterocycles. The standard InChI is InChI=1S/C25H28F3N5O2S/c1-24(2)9-8-17-18(11-24)32(3)31-20(17)22-30-29-21(36-22)15-6-4-14(5-7-15)10-19(25(26,27)28)33-12-16(13-33)23(34)35/h4-7,16,19H,8-13H2,1-3H3,(H,34,35). The lowest BCUT2D eigenvalue weighted by Gasteiger charge is -2.43. The Morgan fingerprint density at radius 3 is 2.50 bits per heavy atom. The third-order valence-electron chi connectivity index (χ3n) is 7.31. The van der Waals surface area contributed by atoms with Gasteiger partial charge in [0.15, 0.2) is 5.01 Å². The number of aromatic nitrogens is 4. The molecule has 7 nitrogen and oxygen atoms in total. The molecule has 1 saturated heterocycles. The lowest BCUT2D eigenvalue weighted by molar-refractivity contribution is -0.202. The van der Waals surface area contributed by atoms with Crippen LogP contribution in [-0.4, -0.2) is 61.3 Å². The Bertz CT molecular complexity index is 1280. The molecule has 3 heterocycles. The molecule has 0 saturated carbocycles. The van der Waals surface area contributed by atoms with Crippen LogP contribution in [0.25, 0.3) is 21.3 Å². The Morgan fingerprint density at radius 1 is 1.19 bits per heavy atom. The van der Waals surface area contributed by atoms with E-state index in [1.54, 1.807) is 24.3 Å². The molecule has 11 heteroatoms. The number of hydrogen-bond acceptors (Lipinski definition) is 6. The fourth-order valence-corrected chi connectivity index (χ4v) is 5.94. The van der Waals surface area contributed by atoms with Gasteiger partial charge in [-0.1, -0.05) is 49.4 Å². The second-order valence-corrected chi connectivity index (χ2v) is 11.6. The van der Waals surface area contributed by atoms with Crippen LogP contribution in [0.1, 0.15) is 37.1 Å². The molecule has 0 spiro atoms. The molecule has 1 fully saturated rings. The fraction of sp³-hybridized carbons (Fsp3) is 0.520. The van der Waals surface area contributed by atoms with E-state index in [-0.39, 0.29) is 24.9 Å². The lowest BCUT2D eigenvalue weighted by Crippen LogP contribution is -2.59. The van der Waals surface area contributed by atoms with Crippen LogP contribution in [0.4, 0.5) is 13.2 Å². The van der Waals surface area contributed by atoms with Crippen molar-refractivity contribution < 1.29 is 23.1 Å². The predicted octanol–water partition coefficient (Wildman–Crippen LogP) is 4.61. The first-order valence-corrected chi connectivity index (χ1v) is 12.7. The van der Waals surface area contributed by atoms with Gasteiger partial charge in [0, 0.05) is 37.0 Å². The van der Waals surface area contributed by atoms with Gasteiger partial charge in [0.05, 0.1) is 5.92 Å². The summed E-state index contributed by atoms with van der Waals surface area (Å²) in [7, 11) is 1.96. The van der Waals surface area contributed by atoms with Crippen molar-refractivity contribution in [1.29, 1.82) is 0 Å². The van der Waals surface area contributed by atoms with Gasteiger partial charge in [-0.3, -0.25) is 14.4 Å². The summed E-state index contributed by atoms with van der Waals surface area (Å²) in [6, 6.07) is 5.18. The van der Waals surface area contributed by atoms with Gasteiger partial charge in [-0.05, 0) is 36.7 Å². The summed E-state index contributed by atoms with van der Waals surface area (Å²) in [4.78, 5) is 12.2. The van der Waals surface area contributed by atoms with Crippen molar-refractivity contribution >= 4 is 17.3 Å². The number of hydrogen-bond donors (Lipinski definition) is 1. The van der Waals surface area contributed by atoms with Crippen LogP contribution in [0, 0.1) is 11.3 Å². The first-order valence-electron chi connectivity index (χ1n) is 11.9. The molecule has 5 rings (SSSR count). The van der Waals surface area contributed by atoms with E-state index in [0.29, 0.717) is 10.6 Å². The third-order valence-corrected chi connectivity index (χ3v) is 8.29. The summed E-state index contributed by atoms with van der Waals surface area (Å²) >= 11 is 1.43. The smallest absolute Gasteiger partial charge is 0.404 e. The quantitative estimate of drug-likeness (QED) is 0.512. The predicted molar refractivity (Wildman–Crippen MR) is 130 cm³/mol. The van der Waals surface area contributed by atoms with Gasteiger partial charge >= 0.3 is 12.1 Å². The number of aliphatic carboxylic acids is 1. The Labute approximate surface area is 211 Å². The Hall–Kier alpha value is -2.79. The molecule has 36 heavy (non-hydrogen) atoms. The van der Waals surface area contributed by atoms with Crippen molar-refractivity contribution in [2.45, 2.75) is 51.7 Å². The number of alkyl halides is 3. The minimum Gasteiger partial charge on any atom is -0.481 e. The molecule has 0 amide bonds. The molecular formula is C25H28F3N5O2S. The van der Waals surface area contributed by atoms with Gasteiger partial charge < -0.3 is 5.11 Å². The summed E-state index contributed by atoms with van der Waals surface area (Å²) in [5.74, 6) is -1.79. The van der Waals surface area contributed by atoms with Crippen molar-refractivity contribution in [3.8, 4) is 21.3 Å². The van der Waals surface area contributed by atoms with Crippen LogP contribution in [-0.2, 0) is 31.1 Å². The third kappa shape index (κ3) is 4.78. The van der Waals surface area contributed by atoms with Crippen LogP contribution in [0.2, 0.25) is 0 Å². The Morgan fingerprint density at radius 2 is 1.86 bits per heavy atom. The Balaban J connectivity index is 1.32. The van der Waals surface area contributed by atoms with E-state index in [4.69, 9.17) is 10.2 Å². The van der Waals surface area contributed by atoms with Crippen molar-refractivity contribution in [1.82, 2.24) is 24.9 Å². The number of carboxylic acids is 1. The van der Waals surface area contributed by atoms with Gasteiger partial charge in [-0.15, -0.1) is 10.2 Å². The molecule has 2 aliphatic rings. The maximum Gasteiger partial charge on any atom is 0.404 e. The second-order valence-electron chi connectivity index (χ2n) is 10.6. The van der Waals surface area contributed by atoms with Gasteiger partial charge in [0.25, 0.3) is 0 Å². The van der Waals surface area contributed by atoms with Crippen molar-refractivity contribution in [2.75, 3.05) is 13.1 Å². The highest BCUT2D eigenvalue weighted by Gasteiger charge is 2.48.